The van der Waals surface area contributed by atoms with E-state index in [0.29, 0.717) is 23.4 Å². The summed E-state index contributed by atoms with van der Waals surface area (Å²) >= 11 is 0. The first kappa shape index (κ1) is 24.3. The molecule has 3 saturated carbocycles. The highest BCUT2D eigenvalue weighted by molar-refractivity contribution is 5.65. The lowest BCUT2D eigenvalue weighted by Crippen LogP contribution is -2.50. The largest absolute Gasteiger partial charge is 0.466 e. The number of rotatable bonds is 7. The highest BCUT2D eigenvalue weighted by Gasteiger charge is 2.59. The maximum atomic E-state index is 11.3. The summed E-state index contributed by atoms with van der Waals surface area (Å²) in [5.74, 6) is 5.80. The van der Waals surface area contributed by atoms with Gasteiger partial charge in [0.05, 0.1) is 6.61 Å². The molecule has 0 spiro atoms. The first-order valence-electron chi connectivity index (χ1n) is 14.0. The van der Waals surface area contributed by atoms with Crippen LogP contribution in [0.4, 0.5) is 0 Å². The fourth-order valence-corrected chi connectivity index (χ4v) is 9.14. The lowest BCUT2D eigenvalue weighted by molar-refractivity contribution is -0.142. The van der Waals surface area contributed by atoms with Gasteiger partial charge in [0.1, 0.15) is 0 Å². The Morgan fingerprint density at radius 1 is 1.06 bits per heavy atom. The molecule has 4 rings (SSSR count). The minimum absolute atomic E-state index is 0.128. The standard InChI is InChI=1S/C30H50O2/c1-20(2)8-7-9-21(3)26-12-13-27-25-11-10-24-18-23(19-32-22(4)31)14-16-29(24,5)28(25)15-17-30(26,27)6/h10,20-21,23,25-28H,7-9,11-19H2,1-6H3/t21-,23+,25+,26-,27+,28+,29+,30-/m1/s1. The zero-order valence-corrected chi connectivity index (χ0v) is 21.9. The maximum absolute atomic E-state index is 11.3. The van der Waals surface area contributed by atoms with Crippen molar-refractivity contribution in [1.82, 2.24) is 0 Å². The van der Waals surface area contributed by atoms with Crippen LogP contribution >= 0.6 is 0 Å². The van der Waals surface area contributed by atoms with Crippen molar-refractivity contribution in [2.24, 2.45) is 52.3 Å². The van der Waals surface area contributed by atoms with Gasteiger partial charge in [0.15, 0.2) is 0 Å². The first-order valence-corrected chi connectivity index (χ1v) is 14.0. The van der Waals surface area contributed by atoms with Crippen LogP contribution in [0.1, 0.15) is 112 Å². The van der Waals surface area contributed by atoms with Crippen LogP contribution in [0.2, 0.25) is 0 Å². The fourth-order valence-electron chi connectivity index (χ4n) is 9.14. The van der Waals surface area contributed by atoms with E-state index in [1.54, 1.807) is 5.57 Å². The highest BCUT2D eigenvalue weighted by Crippen LogP contribution is 2.67. The maximum Gasteiger partial charge on any atom is 0.302 e. The van der Waals surface area contributed by atoms with Crippen LogP contribution in [-0.2, 0) is 9.53 Å². The summed E-state index contributed by atoms with van der Waals surface area (Å²) in [5, 5.41) is 0. The summed E-state index contributed by atoms with van der Waals surface area (Å²) in [7, 11) is 0. The third-order valence-corrected chi connectivity index (χ3v) is 10.9. The summed E-state index contributed by atoms with van der Waals surface area (Å²) in [6.07, 6.45) is 17.7. The summed E-state index contributed by atoms with van der Waals surface area (Å²) < 4.78 is 5.38. The third-order valence-electron chi connectivity index (χ3n) is 10.9. The van der Waals surface area contributed by atoms with Gasteiger partial charge in [0, 0.05) is 6.92 Å². The van der Waals surface area contributed by atoms with Gasteiger partial charge in [0.25, 0.3) is 0 Å². The molecule has 0 unspecified atom stereocenters. The van der Waals surface area contributed by atoms with Crippen molar-refractivity contribution in [2.75, 3.05) is 6.61 Å². The van der Waals surface area contributed by atoms with Crippen molar-refractivity contribution in [2.45, 2.75) is 112 Å². The average Bonchev–Trinajstić information content (AvgIpc) is 3.09. The van der Waals surface area contributed by atoms with Crippen LogP contribution in [0.5, 0.6) is 0 Å². The van der Waals surface area contributed by atoms with E-state index in [1.807, 2.05) is 0 Å². The van der Waals surface area contributed by atoms with Gasteiger partial charge < -0.3 is 4.74 Å². The number of fused-ring (bicyclic) bond motifs is 5. The van der Waals surface area contributed by atoms with Gasteiger partial charge in [0.2, 0.25) is 0 Å². The molecule has 0 aliphatic heterocycles. The molecule has 182 valence electrons. The van der Waals surface area contributed by atoms with Crippen LogP contribution in [-0.4, -0.2) is 12.6 Å². The van der Waals surface area contributed by atoms with E-state index < -0.39 is 0 Å². The molecular weight excluding hydrogens is 392 g/mol. The SMILES string of the molecule is CC(=O)OC[C@H]1CC[C@@]2(C)C(=CC[C@H]3[C@@H]4CC[C@H]([C@H](C)CCCC(C)C)[C@@]4(C)CC[C@@H]32)C1. The lowest BCUT2D eigenvalue weighted by Gasteiger charge is -2.58. The molecule has 32 heavy (non-hydrogen) atoms. The smallest absolute Gasteiger partial charge is 0.302 e. The van der Waals surface area contributed by atoms with Gasteiger partial charge in [-0.3, -0.25) is 4.79 Å². The number of carbonyl (C=O) groups is 1. The molecular formula is C30H50O2. The predicted octanol–water partition coefficient (Wildman–Crippen LogP) is 8.21. The minimum atomic E-state index is -0.128. The molecule has 0 heterocycles. The zero-order valence-electron chi connectivity index (χ0n) is 21.9. The molecule has 0 amide bonds. The second kappa shape index (κ2) is 9.46. The van der Waals surface area contributed by atoms with Gasteiger partial charge in [-0.15, -0.1) is 0 Å². The fraction of sp³-hybridized carbons (Fsp3) is 0.900. The molecule has 8 atom stereocenters. The van der Waals surface area contributed by atoms with Crippen LogP contribution in [0.25, 0.3) is 0 Å². The number of allylic oxidation sites excluding steroid dienone is 2. The number of hydrogen-bond acceptors (Lipinski definition) is 2. The van der Waals surface area contributed by atoms with Crippen molar-refractivity contribution in [3.63, 3.8) is 0 Å². The van der Waals surface area contributed by atoms with Crippen molar-refractivity contribution < 1.29 is 9.53 Å². The molecule has 2 nitrogen and oxygen atoms in total. The Morgan fingerprint density at radius 3 is 2.56 bits per heavy atom. The van der Waals surface area contributed by atoms with Gasteiger partial charge in [-0.05, 0) is 104 Å². The Labute approximate surface area is 198 Å². The summed E-state index contributed by atoms with van der Waals surface area (Å²) in [4.78, 5) is 11.3. The van der Waals surface area contributed by atoms with E-state index in [1.165, 1.54) is 71.1 Å². The van der Waals surface area contributed by atoms with Gasteiger partial charge in [-0.2, -0.15) is 0 Å². The number of ether oxygens (including phenoxy) is 1. The van der Waals surface area contributed by atoms with E-state index in [4.69, 9.17) is 4.74 Å². The lowest BCUT2D eigenvalue weighted by atomic mass is 9.46. The second-order valence-corrected chi connectivity index (χ2v) is 13.2. The predicted molar refractivity (Wildman–Crippen MR) is 133 cm³/mol. The van der Waals surface area contributed by atoms with Gasteiger partial charge in [-0.1, -0.05) is 65.5 Å². The molecule has 0 saturated heterocycles. The van der Waals surface area contributed by atoms with E-state index in [-0.39, 0.29) is 5.97 Å². The van der Waals surface area contributed by atoms with E-state index >= 15 is 0 Å². The molecule has 0 bridgehead atoms. The number of carbonyl (C=O) groups excluding carboxylic acids is 1. The Kier molecular flexibility index (Phi) is 7.19. The summed E-state index contributed by atoms with van der Waals surface area (Å²) in [5.41, 5.74) is 2.69. The summed E-state index contributed by atoms with van der Waals surface area (Å²) in [6, 6.07) is 0. The monoisotopic (exact) mass is 442 g/mol. The van der Waals surface area contributed by atoms with E-state index in [9.17, 15) is 4.79 Å². The number of hydrogen-bond donors (Lipinski definition) is 0. The normalized spacial score (nSPS) is 42.0. The van der Waals surface area contributed by atoms with Crippen molar-refractivity contribution in [3.8, 4) is 0 Å². The Balaban J connectivity index is 1.44. The molecule has 4 aliphatic carbocycles. The van der Waals surface area contributed by atoms with Crippen LogP contribution in [0.15, 0.2) is 11.6 Å². The Morgan fingerprint density at radius 2 is 1.84 bits per heavy atom. The molecule has 0 radical (unpaired) electrons. The third kappa shape index (κ3) is 4.46. The van der Waals surface area contributed by atoms with Crippen LogP contribution in [0, 0.1) is 52.3 Å². The van der Waals surface area contributed by atoms with Gasteiger partial charge in [-0.25, -0.2) is 0 Å². The van der Waals surface area contributed by atoms with Crippen molar-refractivity contribution in [3.05, 3.63) is 11.6 Å². The average molecular weight is 443 g/mol. The van der Waals surface area contributed by atoms with Gasteiger partial charge >= 0.3 is 5.97 Å². The first-order chi connectivity index (χ1) is 15.1. The zero-order chi connectivity index (χ0) is 23.1. The minimum Gasteiger partial charge on any atom is -0.466 e. The molecule has 0 aromatic carbocycles. The Hall–Kier alpha value is -0.790. The van der Waals surface area contributed by atoms with E-state index in [0.717, 1.165) is 41.9 Å². The molecule has 4 aliphatic rings. The van der Waals surface area contributed by atoms with Crippen molar-refractivity contribution in [1.29, 1.82) is 0 Å². The van der Waals surface area contributed by atoms with Crippen LogP contribution in [0.3, 0.4) is 0 Å². The Bertz CT molecular complexity index is 708. The van der Waals surface area contributed by atoms with Crippen LogP contribution < -0.4 is 0 Å². The molecule has 0 aromatic heterocycles. The quantitative estimate of drug-likeness (QED) is 0.293. The number of esters is 1. The molecule has 3 fully saturated rings. The van der Waals surface area contributed by atoms with E-state index in [2.05, 4.69) is 40.7 Å². The molecule has 2 heteroatoms. The topological polar surface area (TPSA) is 26.3 Å². The molecule has 0 N–H and O–H groups in total. The second-order valence-electron chi connectivity index (χ2n) is 13.2. The molecule has 0 aromatic rings. The summed E-state index contributed by atoms with van der Waals surface area (Å²) in [6.45, 7) is 14.8. The highest BCUT2D eigenvalue weighted by atomic mass is 16.5. The van der Waals surface area contributed by atoms with Crippen molar-refractivity contribution >= 4 is 5.97 Å².